The van der Waals surface area contributed by atoms with E-state index in [1.165, 1.54) is 0 Å². The fraction of sp³-hybridized carbons (Fsp3) is 0.118. The second-order valence-corrected chi connectivity index (χ2v) is 6.73. The number of aromatic nitrogens is 4. The molecule has 27 heavy (non-hydrogen) atoms. The van der Waals surface area contributed by atoms with Crippen molar-refractivity contribution in [2.75, 3.05) is 5.32 Å². The van der Waals surface area contributed by atoms with Crippen LogP contribution in [0, 0.1) is 6.92 Å². The van der Waals surface area contributed by atoms with Crippen molar-refractivity contribution >= 4 is 45.2 Å². The van der Waals surface area contributed by atoms with E-state index in [4.69, 9.17) is 11.6 Å². The molecule has 3 rings (SSSR count). The largest absolute Gasteiger partial charge is 0.345 e. The van der Waals surface area contributed by atoms with Gasteiger partial charge in [0.25, 0.3) is 11.8 Å². The molecule has 0 unspecified atom stereocenters. The lowest BCUT2D eigenvalue weighted by Crippen LogP contribution is -2.24. The molecule has 0 spiro atoms. The highest BCUT2D eigenvalue weighted by Crippen LogP contribution is 2.25. The van der Waals surface area contributed by atoms with Crippen molar-refractivity contribution in [2.45, 2.75) is 13.5 Å². The summed E-state index contributed by atoms with van der Waals surface area (Å²) in [6, 6.07) is 6.63. The van der Waals surface area contributed by atoms with Crippen LogP contribution < -0.4 is 10.6 Å². The van der Waals surface area contributed by atoms with E-state index in [0.29, 0.717) is 20.8 Å². The third-order valence-electron chi connectivity index (χ3n) is 3.55. The van der Waals surface area contributed by atoms with Gasteiger partial charge in [-0.1, -0.05) is 23.7 Å². The first-order valence-electron chi connectivity index (χ1n) is 7.81. The number of aromatic amines is 1. The van der Waals surface area contributed by atoms with E-state index >= 15 is 0 Å². The first kappa shape index (κ1) is 19.0. The number of benzene rings is 1. The molecule has 0 radical (unpaired) electrons. The number of anilines is 1. The van der Waals surface area contributed by atoms with E-state index in [-0.39, 0.29) is 18.1 Å². The van der Waals surface area contributed by atoms with Crippen LogP contribution in [0.3, 0.4) is 0 Å². The SMILES string of the molecule is Cc1cnc(CNC(=O)c2[nH]nc(NC(=O)c3ccccc3Cl)c2Br)cn1. The summed E-state index contributed by atoms with van der Waals surface area (Å²) in [5.41, 5.74) is 1.89. The van der Waals surface area contributed by atoms with Crippen LogP contribution in [-0.4, -0.2) is 32.0 Å². The normalized spacial score (nSPS) is 10.5. The Morgan fingerprint density at radius 3 is 2.67 bits per heavy atom. The van der Waals surface area contributed by atoms with E-state index in [0.717, 1.165) is 5.69 Å². The molecule has 0 aliphatic heterocycles. The number of hydrogen-bond donors (Lipinski definition) is 3. The van der Waals surface area contributed by atoms with Gasteiger partial charge < -0.3 is 10.6 Å². The Kier molecular flexibility index (Phi) is 5.82. The average molecular weight is 450 g/mol. The van der Waals surface area contributed by atoms with E-state index in [2.05, 4.69) is 46.7 Å². The van der Waals surface area contributed by atoms with Gasteiger partial charge in [0.05, 0.1) is 39.2 Å². The number of amides is 2. The molecule has 0 saturated carbocycles. The van der Waals surface area contributed by atoms with Gasteiger partial charge in [0.2, 0.25) is 0 Å². The average Bonchev–Trinajstić information content (AvgIpc) is 3.02. The Balaban J connectivity index is 1.67. The predicted molar refractivity (Wildman–Crippen MR) is 104 cm³/mol. The summed E-state index contributed by atoms with van der Waals surface area (Å²) in [7, 11) is 0. The van der Waals surface area contributed by atoms with Crippen molar-refractivity contribution in [1.82, 2.24) is 25.5 Å². The minimum Gasteiger partial charge on any atom is -0.345 e. The molecule has 0 aliphatic rings. The maximum Gasteiger partial charge on any atom is 0.270 e. The van der Waals surface area contributed by atoms with Gasteiger partial charge in [0.1, 0.15) is 5.69 Å². The Hall–Kier alpha value is -2.78. The van der Waals surface area contributed by atoms with E-state index in [1.807, 2.05) is 6.92 Å². The molecule has 3 aromatic rings. The number of aryl methyl sites for hydroxylation is 1. The van der Waals surface area contributed by atoms with Gasteiger partial charge in [-0.2, -0.15) is 5.10 Å². The summed E-state index contributed by atoms with van der Waals surface area (Å²) in [6.07, 6.45) is 3.21. The molecular formula is C17H14BrClN6O2. The van der Waals surface area contributed by atoms with Gasteiger partial charge in [0, 0.05) is 6.20 Å². The van der Waals surface area contributed by atoms with Crippen LogP contribution in [0.15, 0.2) is 41.1 Å². The number of rotatable bonds is 5. The van der Waals surface area contributed by atoms with E-state index in [1.54, 1.807) is 36.7 Å². The first-order valence-corrected chi connectivity index (χ1v) is 8.98. The third-order valence-corrected chi connectivity index (χ3v) is 4.65. The van der Waals surface area contributed by atoms with Gasteiger partial charge >= 0.3 is 0 Å². The lowest BCUT2D eigenvalue weighted by Gasteiger charge is -2.05. The van der Waals surface area contributed by atoms with Gasteiger partial charge in [-0.3, -0.25) is 24.7 Å². The molecule has 0 bridgehead atoms. The van der Waals surface area contributed by atoms with E-state index in [9.17, 15) is 9.59 Å². The molecule has 2 heterocycles. The highest BCUT2D eigenvalue weighted by atomic mass is 79.9. The molecule has 2 aromatic heterocycles. The zero-order chi connectivity index (χ0) is 19.4. The number of carbonyl (C=O) groups is 2. The van der Waals surface area contributed by atoms with Gasteiger partial charge in [-0.25, -0.2) is 0 Å². The summed E-state index contributed by atoms with van der Waals surface area (Å²) < 4.78 is 0.329. The molecule has 0 atom stereocenters. The Morgan fingerprint density at radius 1 is 1.19 bits per heavy atom. The molecule has 8 nitrogen and oxygen atoms in total. The lowest BCUT2D eigenvalue weighted by atomic mass is 10.2. The second-order valence-electron chi connectivity index (χ2n) is 5.53. The molecule has 3 N–H and O–H groups in total. The maximum absolute atomic E-state index is 12.3. The lowest BCUT2D eigenvalue weighted by molar-refractivity contribution is 0.0943. The van der Waals surface area contributed by atoms with Gasteiger partial charge in [-0.05, 0) is 35.0 Å². The number of hydrogen-bond acceptors (Lipinski definition) is 5. The predicted octanol–water partition coefficient (Wildman–Crippen LogP) is 3.11. The van der Waals surface area contributed by atoms with Crippen LogP contribution in [0.2, 0.25) is 5.02 Å². The zero-order valence-corrected chi connectivity index (χ0v) is 16.4. The molecule has 138 valence electrons. The minimum atomic E-state index is -0.435. The van der Waals surface area contributed by atoms with Gasteiger partial charge in [-0.15, -0.1) is 0 Å². The third kappa shape index (κ3) is 4.50. The van der Waals surface area contributed by atoms with Crippen LogP contribution in [0.5, 0.6) is 0 Å². The molecule has 0 aliphatic carbocycles. The Morgan fingerprint density at radius 2 is 1.96 bits per heavy atom. The highest BCUT2D eigenvalue weighted by Gasteiger charge is 2.20. The molecule has 0 fully saturated rings. The summed E-state index contributed by atoms with van der Waals surface area (Å²) in [5.74, 6) is -0.662. The quantitative estimate of drug-likeness (QED) is 0.554. The summed E-state index contributed by atoms with van der Waals surface area (Å²) in [5, 5.41) is 12.2. The van der Waals surface area contributed by atoms with Gasteiger partial charge in [0.15, 0.2) is 5.82 Å². The number of H-pyrrole nitrogens is 1. The number of halogens is 2. The monoisotopic (exact) mass is 448 g/mol. The maximum atomic E-state index is 12.3. The standard InChI is InChI=1S/C17H14BrClN6O2/c1-9-6-21-10(7-20-9)8-22-17(27)14-13(18)15(25-24-14)23-16(26)11-4-2-3-5-12(11)19/h2-7H,8H2,1H3,(H,22,27)(H2,23,24,25,26). The zero-order valence-electron chi connectivity index (χ0n) is 14.1. The fourth-order valence-corrected chi connectivity index (χ4v) is 2.83. The van der Waals surface area contributed by atoms with Crippen LogP contribution >= 0.6 is 27.5 Å². The smallest absolute Gasteiger partial charge is 0.270 e. The molecular weight excluding hydrogens is 436 g/mol. The van der Waals surface area contributed by atoms with Crippen molar-refractivity contribution in [2.24, 2.45) is 0 Å². The molecule has 0 saturated heterocycles. The van der Waals surface area contributed by atoms with Crippen molar-refractivity contribution in [3.05, 3.63) is 68.8 Å². The highest BCUT2D eigenvalue weighted by molar-refractivity contribution is 9.10. The molecule has 1 aromatic carbocycles. The topological polar surface area (TPSA) is 113 Å². The van der Waals surface area contributed by atoms with E-state index < -0.39 is 11.8 Å². The van der Waals surface area contributed by atoms with Crippen LogP contribution in [0.25, 0.3) is 0 Å². The summed E-state index contributed by atoms with van der Waals surface area (Å²) >= 11 is 9.29. The van der Waals surface area contributed by atoms with Crippen molar-refractivity contribution in [3.8, 4) is 0 Å². The number of nitrogens with zero attached hydrogens (tertiary/aromatic N) is 3. The minimum absolute atomic E-state index is 0.171. The number of carbonyl (C=O) groups excluding carboxylic acids is 2. The second kappa shape index (κ2) is 8.28. The molecule has 10 heteroatoms. The first-order chi connectivity index (χ1) is 13.0. The number of nitrogens with one attached hydrogen (secondary N) is 3. The summed E-state index contributed by atoms with van der Waals surface area (Å²) in [6.45, 7) is 2.04. The van der Waals surface area contributed by atoms with Crippen LogP contribution in [0.1, 0.15) is 32.2 Å². The fourth-order valence-electron chi connectivity index (χ4n) is 2.15. The Labute approximate surface area is 167 Å². The summed E-state index contributed by atoms with van der Waals surface area (Å²) in [4.78, 5) is 32.9. The Bertz CT molecular complexity index is 989. The van der Waals surface area contributed by atoms with Crippen molar-refractivity contribution < 1.29 is 9.59 Å². The van der Waals surface area contributed by atoms with Crippen LogP contribution in [-0.2, 0) is 6.54 Å². The van der Waals surface area contributed by atoms with Crippen molar-refractivity contribution in [3.63, 3.8) is 0 Å². The van der Waals surface area contributed by atoms with Crippen LogP contribution in [0.4, 0.5) is 5.82 Å². The van der Waals surface area contributed by atoms with Crippen molar-refractivity contribution in [1.29, 1.82) is 0 Å². The molecule has 2 amide bonds.